The number of nitrogens with two attached hydrogens (primary N) is 1. The Bertz CT molecular complexity index is 265. The Kier molecular flexibility index (Phi) is 7.44. The Morgan fingerprint density at radius 3 is 2.63 bits per heavy atom. The zero-order valence-electron chi connectivity index (χ0n) is 13.0. The monoisotopic (exact) mass is 268 g/mol. The number of hydrogen-bond donors (Lipinski definition) is 1. The minimum Gasteiger partial charge on any atom is -0.340 e. The molecule has 1 heterocycles. The van der Waals surface area contributed by atoms with Gasteiger partial charge < -0.3 is 10.6 Å². The first kappa shape index (κ1) is 16.5. The van der Waals surface area contributed by atoms with Crippen molar-refractivity contribution in [1.82, 2.24) is 4.90 Å². The maximum Gasteiger partial charge on any atom is 0.222 e. The fourth-order valence-electron chi connectivity index (χ4n) is 3.23. The molecule has 1 saturated heterocycles. The average Bonchev–Trinajstić information content (AvgIpc) is 2.42. The van der Waals surface area contributed by atoms with E-state index in [4.69, 9.17) is 5.73 Å². The first-order chi connectivity index (χ1) is 9.10. The van der Waals surface area contributed by atoms with Crippen molar-refractivity contribution in [2.75, 3.05) is 13.1 Å². The molecule has 2 unspecified atom stereocenters. The van der Waals surface area contributed by atoms with Gasteiger partial charge in [0.15, 0.2) is 0 Å². The Morgan fingerprint density at radius 2 is 2.05 bits per heavy atom. The van der Waals surface area contributed by atoms with Crippen LogP contribution in [0.1, 0.15) is 65.7 Å². The van der Waals surface area contributed by atoms with Crippen LogP contribution in [0.4, 0.5) is 0 Å². The van der Waals surface area contributed by atoms with E-state index in [-0.39, 0.29) is 0 Å². The van der Waals surface area contributed by atoms with Crippen molar-refractivity contribution < 1.29 is 4.79 Å². The third-order valence-corrected chi connectivity index (χ3v) is 4.63. The average molecular weight is 268 g/mol. The van der Waals surface area contributed by atoms with Crippen LogP contribution < -0.4 is 5.73 Å². The summed E-state index contributed by atoms with van der Waals surface area (Å²) < 4.78 is 0. The molecule has 19 heavy (non-hydrogen) atoms. The molecule has 0 radical (unpaired) electrons. The molecule has 1 amide bonds. The minimum absolute atomic E-state index is 0.370. The van der Waals surface area contributed by atoms with Crippen molar-refractivity contribution in [3.05, 3.63) is 0 Å². The van der Waals surface area contributed by atoms with E-state index in [9.17, 15) is 4.79 Å². The van der Waals surface area contributed by atoms with E-state index in [0.717, 1.165) is 32.4 Å². The second kappa shape index (κ2) is 8.57. The maximum atomic E-state index is 12.4. The minimum atomic E-state index is 0.370. The van der Waals surface area contributed by atoms with E-state index in [0.29, 0.717) is 30.2 Å². The van der Waals surface area contributed by atoms with Crippen LogP contribution in [0.15, 0.2) is 0 Å². The highest BCUT2D eigenvalue weighted by molar-refractivity contribution is 5.76. The van der Waals surface area contributed by atoms with Crippen LogP contribution in [-0.2, 0) is 4.79 Å². The van der Waals surface area contributed by atoms with Crippen molar-refractivity contribution in [3.63, 3.8) is 0 Å². The predicted octanol–water partition coefficient (Wildman–Crippen LogP) is 3.18. The number of piperidine rings is 1. The number of hydrogen-bond acceptors (Lipinski definition) is 2. The fraction of sp³-hybridized carbons (Fsp3) is 0.938. The number of nitrogens with zero attached hydrogens (tertiary/aromatic N) is 1. The van der Waals surface area contributed by atoms with Crippen LogP contribution in [0.5, 0.6) is 0 Å². The van der Waals surface area contributed by atoms with E-state index in [1.54, 1.807) is 0 Å². The third kappa shape index (κ3) is 5.13. The van der Waals surface area contributed by atoms with Gasteiger partial charge in [-0.1, -0.05) is 20.8 Å². The SMILES string of the molecule is CCC1CCCCN1C(=O)CCC(CCN)C(C)C. The molecule has 0 spiro atoms. The van der Waals surface area contributed by atoms with Gasteiger partial charge in [0, 0.05) is 19.0 Å². The van der Waals surface area contributed by atoms with Crippen molar-refractivity contribution in [3.8, 4) is 0 Å². The third-order valence-electron chi connectivity index (χ3n) is 4.63. The molecule has 2 N–H and O–H groups in total. The maximum absolute atomic E-state index is 12.4. The molecule has 1 fully saturated rings. The van der Waals surface area contributed by atoms with Crippen LogP contribution in [0.2, 0.25) is 0 Å². The van der Waals surface area contributed by atoms with E-state index in [1.165, 1.54) is 19.3 Å². The van der Waals surface area contributed by atoms with Gasteiger partial charge in [0.25, 0.3) is 0 Å². The lowest BCUT2D eigenvalue weighted by molar-refractivity contribution is -0.135. The van der Waals surface area contributed by atoms with Crippen LogP contribution in [-0.4, -0.2) is 29.9 Å². The molecule has 1 rings (SSSR count). The van der Waals surface area contributed by atoms with Gasteiger partial charge in [-0.2, -0.15) is 0 Å². The van der Waals surface area contributed by atoms with Crippen LogP contribution in [0, 0.1) is 11.8 Å². The lowest BCUT2D eigenvalue weighted by atomic mass is 9.88. The first-order valence-electron chi connectivity index (χ1n) is 8.09. The first-order valence-corrected chi connectivity index (χ1v) is 8.09. The standard InChI is InChI=1S/C16H32N2O/c1-4-15-7-5-6-12-18(15)16(19)9-8-14(10-11-17)13(2)3/h13-15H,4-12,17H2,1-3H3. The van der Waals surface area contributed by atoms with E-state index < -0.39 is 0 Å². The molecule has 3 nitrogen and oxygen atoms in total. The van der Waals surface area contributed by atoms with Gasteiger partial charge in [0.2, 0.25) is 5.91 Å². The van der Waals surface area contributed by atoms with Crippen LogP contribution in [0.3, 0.4) is 0 Å². The molecule has 1 aliphatic heterocycles. The summed E-state index contributed by atoms with van der Waals surface area (Å²) in [5.41, 5.74) is 5.66. The normalized spacial score (nSPS) is 21.7. The molecule has 1 aliphatic rings. The number of likely N-dealkylation sites (tertiary alicyclic amines) is 1. The zero-order chi connectivity index (χ0) is 14.3. The summed E-state index contributed by atoms with van der Waals surface area (Å²) in [4.78, 5) is 14.5. The second-order valence-corrected chi connectivity index (χ2v) is 6.27. The molecule has 0 aliphatic carbocycles. The second-order valence-electron chi connectivity index (χ2n) is 6.27. The zero-order valence-corrected chi connectivity index (χ0v) is 13.0. The summed E-state index contributed by atoms with van der Waals surface area (Å²) in [5, 5.41) is 0. The van der Waals surface area contributed by atoms with Gasteiger partial charge in [0.05, 0.1) is 0 Å². The summed E-state index contributed by atoms with van der Waals surface area (Å²) in [6, 6.07) is 0.494. The van der Waals surface area contributed by atoms with Gasteiger partial charge in [-0.25, -0.2) is 0 Å². The molecule has 0 aromatic rings. The molecular formula is C16H32N2O. The molecule has 0 aromatic heterocycles. The Balaban J connectivity index is 2.44. The van der Waals surface area contributed by atoms with E-state index >= 15 is 0 Å². The summed E-state index contributed by atoms with van der Waals surface area (Å²) >= 11 is 0. The highest BCUT2D eigenvalue weighted by atomic mass is 16.2. The number of amides is 1. The quantitative estimate of drug-likeness (QED) is 0.771. The van der Waals surface area contributed by atoms with Gasteiger partial charge in [-0.15, -0.1) is 0 Å². The van der Waals surface area contributed by atoms with Gasteiger partial charge in [-0.3, -0.25) is 4.79 Å². The molecule has 0 saturated carbocycles. The summed E-state index contributed by atoms with van der Waals surface area (Å²) in [6.45, 7) is 8.38. The molecule has 0 bridgehead atoms. The Morgan fingerprint density at radius 1 is 1.32 bits per heavy atom. The molecule has 112 valence electrons. The van der Waals surface area contributed by atoms with Gasteiger partial charge in [0.1, 0.15) is 0 Å². The molecule has 0 aromatic carbocycles. The summed E-state index contributed by atoms with van der Waals surface area (Å²) in [5.74, 6) is 1.59. The lowest BCUT2D eigenvalue weighted by Crippen LogP contribution is -2.43. The Hall–Kier alpha value is -0.570. The topological polar surface area (TPSA) is 46.3 Å². The smallest absolute Gasteiger partial charge is 0.222 e. The van der Waals surface area contributed by atoms with Crippen molar-refractivity contribution in [1.29, 1.82) is 0 Å². The number of rotatable bonds is 7. The number of carbonyl (C=O) groups is 1. The summed E-state index contributed by atoms with van der Waals surface area (Å²) in [6.07, 6.45) is 7.51. The highest BCUT2D eigenvalue weighted by Gasteiger charge is 2.25. The molecular weight excluding hydrogens is 236 g/mol. The van der Waals surface area contributed by atoms with Crippen LogP contribution >= 0.6 is 0 Å². The van der Waals surface area contributed by atoms with Gasteiger partial charge in [-0.05, 0) is 56.9 Å². The largest absolute Gasteiger partial charge is 0.340 e. The molecule has 3 heteroatoms. The van der Waals surface area contributed by atoms with Gasteiger partial charge >= 0.3 is 0 Å². The Labute approximate surface area is 118 Å². The number of carbonyl (C=O) groups excluding carboxylic acids is 1. The predicted molar refractivity (Wildman–Crippen MR) is 80.9 cm³/mol. The van der Waals surface area contributed by atoms with E-state index in [1.807, 2.05) is 0 Å². The highest BCUT2D eigenvalue weighted by Crippen LogP contribution is 2.24. The fourth-order valence-corrected chi connectivity index (χ4v) is 3.23. The van der Waals surface area contributed by atoms with E-state index in [2.05, 4.69) is 25.7 Å². The molecule has 2 atom stereocenters. The summed E-state index contributed by atoms with van der Waals surface area (Å²) in [7, 11) is 0. The van der Waals surface area contributed by atoms with Crippen LogP contribution in [0.25, 0.3) is 0 Å². The van der Waals surface area contributed by atoms with Crippen molar-refractivity contribution in [2.45, 2.75) is 71.8 Å². The lowest BCUT2D eigenvalue weighted by Gasteiger charge is -2.35. The van der Waals surface area contributed by atoms with Crippen molar-refractivity contribution in [2.24, 2.45) is 17.6 Å². The van der Waals surface area contributed by atoms with Crippen molar-refractivity contribution >= 4 is 5.91 Å².